The van der Waals surface area contributed by atoms with E-state index < -0.39 is 0 Å². The Bertz CT molecular complexity index is 466. The van der Waals surface area contributed by atoms with Gasteiger partial charge in [0.2, 0.25) is 0 Å². The Balaban J connectivity index is 2.42. The van der Waals surface area contributed by atoms with Gasteiger partial charge in [0.05, 0.1) is 12.8 Å². The summed E-state index contributed by atoms with van der Waals surface area (Å²) in [4.78, 5) is 0. The molecule has 0 saturated heterocycles. The molecule has 0 fully saturated rings. The van der Waals surface area contributed by atoms with E-state index in [1.54, 1.807) is 7.11 Å². The van der Waals surface area contributed by atoms with Crippen molar-refractivity contribution in [3.63, 3.8) is 0 Å². The molecule has 0 aromatic heterocycles. The van der Waals surface area contributed by atoms with Crippen LogP contribution in [0.3, 0.4) is 0 Å². The van der Waals surface area contributed by atoms with Crippen molar-refractivity contribution in [2.75, 3.05) is 12.5 Å². The summed E-state index contributed by atoms with van der Waals surface area (Å²) >= 11 is 0. The van der Waals surface area contributed by atoms with Crippen molar-refractivity contribution in [1.29, 1.82) is 0 Å². The minimum Gasteiger partial charge on any atom is -0.497 e. The molecule has 82 valence electrons. The molecule has 0 amide bonds. The van der Waals surface area contributed by atoms with Gasteiger partial charge in [-0.2, -0.15) is 0 Å². The monoisotopic (exact) mass is 214 g/mol. The van der Waals surface area contributed by atoms with Gasteiger partial charge in [0.1, 0.15) is 5.75 Å². The van der Waals surface area contributed by atoms with Gasteiger partial charge in [-0.05, 0) is 23.8 Å². The Morgan fingerprint density at radius 1 is 1.00 bits per heavy atom. The second kappa shape index (κ2) is 4.68. The zero-order chi connectivity index (χ0) is 11.4. The molecule has 0 unspecified atom stereocenters. The normalized spacial score (nSPS) is 9.88. The Morgan fingerprint density at radius 3 is 2.31 bits per heavy atom. The van der Waals surface area contributed by atoms with Gasteiger partial charge in [-0.15, -0.1) is 0 Å². The van der Waals surface area contributed by atoms with Gasteiger partial charge in [-0.25, -0.2) is 0 Å². The van der Waals surface area contributed by atoms with Crippen LogP contribution < -0.4 is 16.0 Å². The van der Waals surface area contributed by atoms with Gasteiger partial charge in [-0.3, -0.25) is 5.84 Å². The van der Waals surface area contributed by atoms with Crippen LogP contribution in [0.2, 0.25) is 0 Å². The third-order valence-electron chi connectivity index (χ3n) is 2.48. The molecule has 3 N–H and O–H groups in total. The van der Waals surface area contributed by atoms with E-state index in [0.29, 0.717) is 0 Å². The van der Waals surface area contributed by atoms with Gasteiger partial charge < -0.3 is 10.2 Å². The van der Waals surface area contributed by atoms with Crippen LogP contribution in [-0.2, 0) is 0 Å². The van der Waals surface area contributed by atoms with E-state index in [2.05, 4.69) is 5.43 Å². The molecule has 0 heterocycles. The molecule has 2 rings (SSSR count). The first-order chi connectivity index (χ1) is 7.85. The number of para-hydroxylation sites is 1. The molecule has 0 aliphatic carbocycles. The molecule has 0 aliphatic rings. The predicted octanol–water partition coefficient (Wildman–Crippen LogP) is 2.65. The first-order valence-corrected chi connectivity index (χ1v) is 5.05. The maximum absolute atomic E-state index is 5.47. The highest BCUT2D eigenvalue weighted by Crippen LogP contribution is 2.28. The lowest BCUT2D eigenvalue weighted by Gasteiger charge is -2.09. The lowest BCUT2D eigenvalue weighted by Crippen LogP contribution is -2.07. The molecular weight excluding hydrogens is 200 g/mol. The van der Waals surface area contributed by atoms with Crippen LogP contribution in [0.5, 0.6) is 5.75 Å². The number of benzene rings is 2. The Labute approximate surface area is 94.8 Å². The number of rotatable bonds is 3. The molecule has 2 aromatic carbocycles. The van der Waals surface area contributed by atoms with Crippen LogP contribution in [-0.4, -0.2) is 7.11 Å². The molecule has 3 heteroatoms. The standard InChI is InChI=1S/C13H14N2O/c1-16-11-8-6-10(7-9-11)12-4-2-3-5-13(12)15-14/h2-9,15H,14H2,1H3. The summed E-state index contributed by atoms with van der Waals surface area (Å²) in [5.41, 5.74) is 5.78. The summed E-state index contributed by atoms with van der Waals surface area (Å²) in [7, 11) is 1.66. The molecule has 2 aromatic rings. The topological polar surface area (TPSA) is 47.3 Å². The third kappa shape index (κ3) is 1.99. The largest absolute Gasteiger partial charge is 0.497 e. The van der Waals surface area contributed by atoms with Crippen molar-refractivity contribution < 1.29 is 4.74 Å². The smallest absolute Gasteiger partial charge is 0.118 e. The van der Waals surface area contributed by atoms with Crippen LogP contribution in [0, 0.1) is 0 Å². The number of hydrazine groups is 1. The highest BCUT2D eigenvalue weighted by Gasteiger charge is 2.02. The molecule has 0 saturated carbocycles. The van der Waals surface area contributed by atoms with E-state index in [1.807, 2.05) is 48.5 Å². The van der Waals surface area contributed by atoms with Crippen LogP contribution in [0.15, 0.2) is 48.5 Å². The van der Waals surface area contributed by atoms with E-state index in [-0.39, 0.29) is 0 Å². The number of nitrogen functional groups attached to an aromatic ring is 1. The van der Waals surface area contributed by atoms with Crippen LogP contribution in [0.4, 0.5) is 5.69 Å². The summed E-state index contributed by atoms with van der Waals surface area (Å²) in [6, 6.07) is 15.8. The van der Waals surface area contributed by atoms with Crippen molar-refractivity contribution in [3.05, 3.63) is 48.5 Å². The molecule has 0 atom stereocenters. The lowest BCUT2D eigenvalue weighted by molar-refractivity contribution is 0.415. The fourth-order valence-electron chi connectivity index (χ4n) is 1.63. The SMILES string of the molecule is COc1ccc(-c2ccccc2NN)cc1. The first kappa shape index (κ1) is 10.5. The number of anilines is 1. The van der Waals surface area contributed by atoms with Gasteiger partial charge >= 0.3 is 0 Å². The van der Waals surface area contributed by atoms with Crippen molar-refractivity contribution in [3.8, 4) is 16.9 Å². The molecular formula is C13H14N2O. The van der Waals surface area contributed by atoms with Gasteiger partial charge in [0, 0.05) is 5.56 Å². The second-order valence-electron chi connectivity index (χ2n) is 3.42. The van der Waals surface area contributed by atoms with Crippen molar-refractivity contribution in [2.24, 2.45) is 5.84 Å². The second-order valence-corrected chi connectivity index (χ2v) is 3.42. The van der Waals surface area contributed by atoms with E-state index >= 15 is 0 Å². The van der Waals surface area contributed by atoms with Crippen molar-refractivity contribution in [2.45, 2.75) is 0 Å². The fraction of sp³-hybridized carbons (Fsp3) is 0.0769. The Hall–Kier alpha value is -2.00. The molecule has 3 nitrogen and oxygen atoms in total. The minimum atomic E-state index is 0.849. The summed E-state index contributed by atoms with van der Waals surface area (Å²) in [5, 5.41) is 0. The maximum atomic E-state index is 5.47. The highest BCUT2D eigenvalue weighted by atomic mass is 16.5. The number of hydrogen-bond donors (Lipinski definition) is 2. The number of hydrogen-bond acceptors (Lipinski definition) is 3. The predicted molar refractivity (Wildman–Crippen MR) is 66.2 cm³/mol. The average Bonchev–Trinajstić information content (AvgIpc) is 2.39. The lowest BCUT2D eigenvalue weighted by atomic mass is 10.0. The van der Waals surface area contributed by atoms with Crippen molar-refractivity contribution >= 4 is 5.69 Å². The van der Waals surface area contributed by atoms with Gasteiger partial charge in [0.25, 0.3) is 0 Å². The highest BCUT2D eigenvalue weighted by molar-refractivity contribution is 5.77. The van der Waals surface area contributed by atoms with Crippen LogP contribution in [0.1, 0.15) is 0 Å². The number of ether oxygens (including phenoxy) is 1. The molecule has 0 spiro atoms. The van der Waals surface area contributed by atoms with Crippen LogP contribution >= 0.6 is 0 Å². The molecule has 0 bridgehead atoms. The van der Waals surface area contributed by atoms with Gasteiger partial charge in [0.15, 0.2) is 0 Å². The van der Waals surface area contributed by atoms with Gasteiger partial charge in [-0.1, -0.05) is 30.3 Å². The summed E-state index contributed by atoms with van der Waals surface area (Å²) in [6.45, 7) is 0. The van der Waals surface area contributed by atoms with E-state index in [9.17, 15) is 0 Å². The average molecular weight is 214 g/mol. The number of nitrogens with two attached hydrogens (primary N) is 1. The summed E-state index contributed by atoms with van der Waals surface area (Å²) in [5.74, 6) is 6.32. The quantitative estimate of drug-likeness (QED) is 0.610. The minimum absolute atomic E-state index is 0.849. The zero-order valence-corrected chi connectivity index (χ0v) is 9.10. The van der Waals surface area contributed by atoms with E-state index in [1.165, 1.54) is 0 Å². The van der Waals surface area contributed by atoms with Crippen LogP contribution in [0.25, 0.3) is 11.1 Å². The summed E-state index contributed by atoms with van der Waals surface area (Å²) in [6.07, 6.45) is 0. The number of methoxy groups -OCH3 is 1. The molecule has 16 heavy (non-hydrogen) atoms. The maximum Gasteiger partial charge on any atom is 0.118 e. The zero-order valence-electron chi connectivity index (χ0n) is 9.10. The number of nitrogens with one attached hydrogen (secondary N) is 1. The molecule has 0 aliphatic heterocycles. The Morgan fingerprint density at radius 2 is 1.69 bits per heavy atom. The molecule has 0 radical (unpaired) electrons. The van der Waals surface area contributed by atoms with E-state index in [4.69, 9.17) is 10.6 Å². The van der Waals surface area contributed by atoms with E-state index in [0.717, 1.165) is 22.6 Å². The first-order valence-electron chi connectivity index (χ1n) is 5.05. The Kier molecular flexibility index (Phi) is 3.08. The fourth-order valence-corrected chi connectivity index (χ4v) is 1.63. The third-order valence-corrected chi connectivity index (χ3v) is 2.48. The van der Waals surface area contributed by atoms with Crippen molar-refractivity contribution in [1.82, 2.24) is 0 Å². The summed E-state index contributed by atoms with van der Waals surface area (Å²) < 4.78 is 5.12.